The number of aromatic nitrogens is 4. The maximum atomic E-state index is 12.3. The van der Waals surface area contributed by atoms with Crippen molar-refractivity contribution in [2.45, 2.75) is 11.7 Å². The first-order chi connectivity index (χ1) is 13.8. The van der Waals surface area contributed by atoms with Gasteiger partial charge >= 0.3 is 0 Å². The van der Waals surface area contributed by atoms with E-state index in [2.05, 4.69) is 33.0 Å². The summed E-state index contributed by atoms with van der Waals surface area (Å²) >= 11 is 2.97. The van der Waals surface area contributed by atoms with Crippen LogP contribution < -0.4 is 5.32 Å². The number of thioether (sulfide) groups is 1. The number of hydrogen-bond donors (Lipinski definition) is 1. The molecular formula is C20H17N5OS2. The van der Waals surface area contributed by atoms with Crippen LogP contribution in [0.15, 0.2) is 77.3 Å². The van der Waals surface area contributed by atoms with Gasteiger partial charge in [-0.2, -0.15) is 0 Å². The lowest BCUT2D eigenvalue weighted by molar-refractivity contribution is -0.113. The van der Waals surface area contributed by atoms with Gasteiger partial charge in [-0.05, 0) is 45.1 Å². The van der Waals surface area contributed by atoms with E-state index in [0.29, 0.717) is 11.7 Å². The Morgan fingerprint density at radius 3 is 2.54 bits per heavy atom. The second-order valence-electron chi connectivity index (χ2n) is 5.98. The Balaban J connectivity index is 1.32. The number of carbonyl (C=O) groups excluding carboxylic acids is 1. The van der Waals surface area contributed by atoms with Crippen LogP contribution >= 0.6 is 23.1 Å². The van der Waals surface area contributed by atoms with Crippen molar-refractivity contribution >= 4 is 34.7 Å². The first-order valence-electron chi connectivity index (χ1n) is 8.64. The van der Waals surface area contributed by atoms with Crippen molar-refractivity contribution < 1.29 is 4.79 Å². The Morgan fingerprint density at radius 1 is 1.00 bits per heavy atom. The van der Waals surface area contributed by atoms with E-state index < -0.39 is 0 Å². The van der Waals surface area contributed by atoms with Crippen LogP contribution in [0.1, 0.15) is 4.88 Å². The summed E-state index contributed by atoms with van der Waals surface area (Å²) in [5.41, 5.74) is 3.03. The Morgan fingerprint density at radius 2 is 1.79 bits per heavy atom. The highest BCUT2D eigenvalue weighted by molar-refractivity contribution is 7.99. The first-order valence-corrected chi connectivity index (χ1v) is 10.5. The van der Waals surface area contributed by atoms with Crippen molar-refractivity contribution in [3.05, 3.63) is 77.0 Å². The zero-order valence-electron chi connectivity index (χ0n) is 14.9. The topological polar surface area (TPSA) is 72.7 Å². The lowest BCUT2D eigenvalue weighted by Gasteiger charge is -2.07. The molecule has 4 rings (SSSR count). The monoisotopic (exact) mass is 407 g/mol. The third-order valence-electron chi connectivity index (χ3n) is 3.99. The molecule has 0 saturated carbocycles. The van der Waals surface area contributed by atoms with Gasteiger partial charge in [0.25, 0.3) is 0 Å². The average Bonchev–Trinajstić information content (AvgIpc) is 3.40. The molecule has 0 atom stereocenters. The number of thiophene rings is 1. The molecule has 0 saturated heterocycles. The summed E-state index contributed by atoms with van der Waals surface area (Å²) in [5, 5.41) is 17.3. The van der Waals surface area contributed by atoms with Crippen LogP contribution in [0.3, 0.4) is 0 Å². The van der Waals surface area contributed by atoms with Crippen LogP contribution in [0.2, 0.25) is 0 Å². The SMILES string of the molecule is O=C(CSc1nnnn1Cc1cccs1)Nc1ccc(-c2ccccc2)cc1. The molecular weight excluding hydrogens is 390 g/mol. The molecule has 28 heavy (non-hydrogen) atoms. The summed E-state index contributed by atoms with van der Waals surface area (Å²) in [6.45, 7) is 0.607. The summed E-state index contributed by atoms with van der Waals surface area (Å²) in [5.74, 6) is 0.147. The second-order valence-corrected chi connectivity index (χ2v) is 7.95. The van der Waals surface area contributed by atoms with Gasteiger partial charge < -0.3 is 5.32 Å². The fraction of sp³-hybridized carbons (Fsp3) is 0.100. The summed E-state index contributed by atoms with van der Waals surface area (Å²) in [4.78, 5) is 13.4. The van der Waals surface area contributed by atoms with Gasteiger partial charge in [0.2, 0.25) is 11.1 Å². The number of benzene rings is 2. The number of amides is 1. The number of carbonyl (C=O) groups is 1. The molecule has 8 heteroatoms. The molecule has 0 fully saturated rings. The van der Waals surface area contributed by atoms with Crippen LogP contribution in [0.4, 0.5) is 5.69 Å². The number of tetrazole rings is 1. The molecule has 0 aliphatic heterocycles. The Bertz CT molecular complexity index is 1030. The third-order valence-corrected chi connectivity index (χ3v) is 5.81. The predicted molar refractivity (Wildman–Crippen MR) is 112 cm³/mol. The maximum Gasteiger partial charge on any atom is 0.234 e. The van der Waals surface area contributed by atoms with Gasteiger partial charge in [0, 0.05) is 10.6 Å². The van der Waals surface area contributed by atoms with Gasteiger partial charge in [0.15, 0.2) is 0 Å². The van der Waals surface area contributed by atoms with Gasteiger partial charge in [-0.15, -0.1) is 16.4 Å². The summed E-state index contributed by atoms with van der Waals surface area (Å²) in [6.07, 6.45) is 0. The number of anilines is 1. The normalized spacial score (nSPS) is 10.7. The van der Waals surface area contributed by atoms with E-state index in [1.807, 2.05) is 60.0 Å². The number of hydrogen-bond acceptors (Lipinski definition) is 6. The number of nitrogens with zero attached hydrogens (tertiary/aromatic N) is 4. The first kappa shape index (κ1) is 18.4. The highest BCUT2D eigenvalue weighted by Crippen LogP contribution is 2.22. The largest absolute Gasteiger partial charge is 0.325 e. The van der Waals surface area contributed by atoms with Gasteiger partial charge in [-0.3, -0.25) is 4.79 Å². The van der Waals surface area contributed by atoms with E-state index in [0.717, 1.165) is 21.7 Å². The van der Waals surface area contributed by atoms with Crippen LogP contribution in [0.5, 0.6) is 0 Å². The van der Waals surface area contributed by atoms with Crippen LogP contribution in [-0.4, -0.2) is 31.9 Å². The molecule has 0 bridgehead atoms. The van der Waals surface area contributed by atoms with Crippen LogP contribution in [0.25, 0.3) is 11.1 Å². The minimum Gasteiger partial charge on any atom is -0.325 e. The zero-order chi connectivity index (χ0) is 19.2. The number of nitrogens with one attached hydrogen (secondary N) is 1. The predicted octanol–water partition coefficient (Wildman–Crippen LogP) is 4.18. The molecule has 2 aromatic carbocycles. The van der Waals surface area contributed by atoms with Gasteiger partial charge in [-0.25, -0.2) is 4.68 Å². The van der Waals surface area contributed by atoms with E-state index in [1.54, 1.807) is 16.0 Å². The minimum absolute atomic E-state index is 0.0943. The van der Waals surface area contributed by atoms with E-state index in [9.17, 15) is 4.79 Å². The van der Waals surface area contributed by atoms with E-state index >= 15 is 0 Å². The van der Waals surface area contributed by atoms with Crippen LogP contribution in [-0.2, 0) is 11.3 Å². The van der Waals surface area contributed by atoms with Gasteiger partial charge in [-0.1, -0.05) is 60.3 Å². The lowest BCUT2D eigenvalue weighted by Crippen LogP contribution is -2.14. The Kier molecular flexibility index (Phi) is 5.79. The molecule has 1 amide bonds. The molecule has 0 aliphatic rings. The maximum absolute atomic E-state index is 12.3. The fourth-order valence-electron chi connectivity index (χ4n) is 2.65. The highest BCUT2D eigenvalue weighted by atomic mass is 32.2. The molecule has 140 valence electrons. The molecule has 6 nitrogen and oxygen atoms in total. The van der Waals surface area contributed by atoms with Crippen molar-refractivity contribution in [2.24, 2.45) is 0 Å². The second kappa shape index (κ2) is 8.81. The summed E-state index contributed by atoms with van der Waals surface area (Å²) in [7, 11) is 0. The molecule has 2 heterocycles. The fourth-order valence-corrected chi connectivity index (χ4v) is 4.02. The van der Waals surface area contributed by atoms with E-state index in [1.165, 1.54) is 11.8 Å². The Labute approximate surface area is 170 Å². The van der Waals surface area contributed by atoms with Crippen LogP contribution in [0, 0.1) is 0 Å². The quantitative estimate of drug-likeness (QED) is 0.465. The van der Waals surface area contributed by atoms with Crippen molar-refractivity contribution in [2.75, 3.05) is 11.1 Å². The van der Waals surface area contributed by atoms with Crippen molar-refractivity contribution in [3.8, 4) is 11.1 Å². The van der Waals surface area contributed by atoms with Gasteiger partial charge in [0.1, 0.15) is 0 Å². The lowest BCUT2D eigenvalue weighted by atomic mass is 10.1. The van der Waals surface area contributed by atoms with Crippen molar-refractivity contribution in [1.82, 2.24) is 20.2 Å². The molecule has 1 N–H and O–H groups in total. The molecule has 4 aromatic rings. The molecule has 0 unspecified atom stereocenters. The van der Waals surface area contributed by atoms with Crippen molar-refractivity contribution in [3.63, 3.8) is 0 Å². The minimum atomic E-state index is -0.0943. The van der Waals surface area contributed by atoms with Gasteiger partial charge in [0.05, 0.1) is 12.3 Å². The standard InChI is InChI=1S/C20H17N5OS2/c26-19(14-28-20-22-23-24-25(20)13-18-7-4-12-27-18)21-17-10-8-16(9-11-17)15-5-2-1-3-6-15/h1-12H,13-14H2,(H,21,26). The molecule has 2 aromatic heterocycles. The molecule has 0 radical (unpaired) electrons. The highest BCUT2D eigenvalue weighted by Gasteiger charge is 2.11. The van der Waals surface area contributed by atoms with Crippen molar-refractivity contribution in [1.29, 1.82) is 0 Å². The van der Waals surface area contributed by atoms with E-state index in [4.69, 9.17) is 0 Å². The Hall–Kier alpha value is -2.97. The molecule has 0 aliphatic carbocycles. The average molecular weight is 408 g/mol. The van der Waals surface area contributed by atoms with E-state index in [-0.39, 0.29) is 11.7 Å². The summed E-state index contributed by atoms with van der Waals surface area (Å²) in [6, 6.07) is 22.0. The third kappa shape index (κ3) is 4.65. The number of rotatable bonds is 7. The summed E-state index contributed by atoms with van der Waals surface area (Å²) < 4.78 is 1.71. The zero-order valence-corrected chi connectivity index (χ0v) is 16.5. The molecule has 0 spiro atoms. The smallest absolute Gasteiger partial charge is 0.234 e.